The molecule has 3 aromatic rings. The van der Waals surface area contributed by atoms with Gasteiger partial charge in [-0.1, -0.05) is 92.5 Å². The van der Waals surface area contributed by atoms with Crippen LogP contribution in [-0.2, 0) is 29.0 Å². The van der Waals surface area contributed by atoms with Crippen LogP contribution in [0.4, 0.5) is 0 Å². The van der Waals surface area contributed by atoms with Crippen molar-refractivity contribution in [2.45, 2.75) is 46.2 Å². The van der Waals surface area contributed by atoms with Crippen LogP contribution in [0, 0.1) is 5.92 Å². The fourth-order valence-corrected chi connectivity index (χ4v) is 4.33. The van der Waals surface area contributed by atoms with E-state index in [9.17, 15) is 9.59 Å². The van der Waals surface area contributed by atoms with Crippen LogP contribution >= 0.6 is 23.2 Å². The summed E-state index contributed by atoms with van der Waals surface area (Å²) in [4.78, 5) is 28.7. The van der Waals surface area contributed by atoms with Crippen LogP contribution in [0.1, 0.15) is 37.5 Å². The third-order valence-electron chi connectivity index (χ3n) is 6.01. The van der Waals surface area contributed by atoms with Crippen LogP contribution in [0.25, 0.3) is 0 Å². The standard InChI is InChI=1S/C30H34Cl2N2O3/c1-4-22-10-14-26(15-11-22)37-20-29(35)34(19-24-12-13-25(31)17-27(24)32)28(30(36)33-18-21(2)3)16-23-8-6-5-7-9-23/h5-15,17,21,28H,4,16,18-20H2,1-3H3,(H,33,36). The van der Waals surface area contributed by atoms with E-state index in [-0.39, 0.29) is 30.9 Å². The highest BCUT2D eigenvalue weighted by molar-refractivity contribution is 6.35. The highest BCUT2D eigenvalue weighted by Gasteiger charge is 2.31. The van der Waals surface area contributed by atoms with Gasteiger partial charge in [0.2, 0.25) is 5.91 Å². The molecule has 0 radical (unpaired) electrons. The predicted octanol–water partition coefficient (Wildman–Crippen LogP) is 6.35. The van der Waals surface area contributed by atoms with E-state index in [2.05, 4.69) is 12.2 Å². The van der Waals surface area contributed by atoms with E-state index >= 15 is 0 Å². The molecule has 0 aromatic heterocycles. The number of rotatable bonds is 12. The molecular formula is C30H34Cl2N2O3. The fourth-order valence-electron chi connectivity index (χ4n) is 3.86. The van der Waals surface area contributed by atoms with E-state index in [0.717, 1.165) is 12.0 Å². The molecule has 0 aliphatic rings. The Morgan fingerprint density at radius 3 is 2.27 bits per heavy atom. The van der Waals surface area contributed by atoms with Crippen LogP contribution in [0.3, 0.4) is 0 Å². The highest BCUT2D eigenvalue weighted by atomic mass is 35.5. The Balaban J connectivity index is 1.91. The second-order valence-electron chi connectivity index (χ2n) is 9.39. The van der Waals surface area contributed by atoms with E-state index in [1.54, 1.807) is 23.1 Å². The first-order valence-corrected chi connectivity index (χ1v) is 13.3. The molecule has 0 bridgehead atoms. The average Bonchev–Trinajstić information content (AvgIpc) is 2.89. The summed E-state index contributed by atoms with van der Waals surface area (Å²) >= 11 is 12.6. The topological polar surface area (TPSA) is 58.6 Å². The molecule has 0 spiro atoms. The number of amides is 2. The van der Waals surface area contributed by atoms with Gasteiger partial charge in [0.15, 0.2) is 6.61 Å². The Morgan fingerprint density at radius 2 is 1.65 bits per heavy atom. The lowest BCUT2D eigenvalue weighted by Gasteiger charge is -2.32. The van der Waals surface area contributed by atoms with Crippen molar-refractivity contribution in [2.75, 3.05) is 13.2 Å². The molecule has 0 heterocycles. The van der Waals surface area contributed by atoms with Crippen LogP contribution < -0.4 is 10.1 Å². The number of halogens is 2. The molecular weight excluding hydrogens is 507 g/mol. The number of aryl methyl sites for hydroxylation is 1. The van der Waals surface area contributed by atoms with Gasteiger partial charge in [0.25, 0.3) is 5.91 Å². The minimum atomic E-state index is -0.758. The minimum Gasteiger partial charge on any atom is -0.484 e. The van der Waals surface area contributed by atoms with Gasteiger partial charge < -0.3 is 15.0 Å². The Bertz CT molecular complexity index is 1170. The Morgan fingerprint density at radius 1 is 0.946 bits per heavy atom. The first-order chi connectivity index (χ1) is 17.8. The molecule has 0 aliphatic carbocycles. The number of hydrogen-bond acceptors (Lipinski definition) is 3. The molecule has 3 rings (SSSR count). The summed E-state index contributed by atoms with van der Waals surface area (Å²) in [6.07, 6.45) is 1.27. The lowest BCUT2D eigenvalue weighted by atomic mass is 10.0. The maximum Gasteiger partial charge on any atom is 0.261 e. The van der Waals surface area contributed by atoms with E-state index in [1.165, 1.54) is 5.56 Å². The molecule has 0 saturated heterocycles. The van der Waals surface area contributed by atoms with Crippen molar-refractivity contribution in [3.63, 3.8) is 0 Å². The summed E-state index contributed by atoms with van der Waals surface area (Å²) in [5.74, 6) is 0.332. The molecule has 7 heteroatoms. The molecule has 0 aliphatic heterocycles. The number of carbonyl (C=O) groups excluding carboxylic acids is 2. The molecule has 1 atom stereocenters. The van der Waals surface area contributed by atoms with E-state index < -0.39 is 6.04 Å². The van der Waals surface area contributed by atoms with Gasteiger partial charge in [0, 0.05) is 29.6 Å². The summed E-state index contributed by atoms with van der Waals surface area (Å²) in [6, 6.07) is 21.7. The van der Waals surface area contributed by atoms with Gasteiger partial charge in [-0.3, -0.25) is 9.59 Å². The van der Waals surface area contributed by atoms with Gasteiger partial charge >= 0.3 is 0 Å². The highest BCUT2D eigenvalue weighted by Crippen LogP contribution is 2.24. The second-order valence-corrected chi connectivity index (χ2v) is 10.2. The Kier molecular flexibility index (Phi) is 10.8. The number of nitrogens with zero attached hydrogens (tertiary/aromatic N) is 1. The zero-order valence-corrected chi connectivity index (χ0v) is 23.1. The zero-order valence-electron chi connectivity index (χ0n) is 21.5. The van der Waals surface area contributed by atoms with Gasteiger partial charge in [-0.2, -0.15) is 0 Å². The molecule has 2 amide bonds. The SMILES string of the molecule is CCc1ccc(OCC(=O)N(Cc2ccc(Cl)cc2Cl)C(Cc2ccccc2)C(=O)NCC(C)C)cc1. The summed E-state index contributed by atoms with van der Waals surface area (Å²) < 4.78 is 5.84. The number of benzene rings is 3. The van der Waals surface area contributed by atoms with Gasteiger partial charge in [0.05, 0.1) is 0 Å². The number of ether oxygens (including phenoxy) is 1. The maximum absolute atomic E-state index is 13.6. The fraction of sp³-hybridized carbons (Fsp3) is 0.333. The molecule has 3 aromatic carbocycles. The minimum absolute atomic E-state index is 0.138. The maximum atomic E-state index is 13.6. The van der Waals surface area contributed by atoms with Crippen molar-refractivity contribution in [3.8, 4) is 5.75 Å². The largest absolute Gasteiger partial charge is 0.484 e. The molecule has 5 nitrogen and oxygen atoms in total. The predicted molar refractivity (Wildman–Crippen MR) is 150 cm³/mol. The third-order valence-corrected chi connectivity index (χ3v) is 6.59. The van der Waals surface area contributed by atoms with Crippen molar-refractivity contribution in [2.24, 2.45) is 5.92 Å². The third kappa shape index (κ3) is 8.80. The molecule has 37 heavy (non-hydrogen) atoms. The van der Waals surface area contributed by atoms with Gasteiger partial charge in [-0.05, 0) is 53.3 Å². The van der Waals surface area contributed by atoms with Gasteiger partial charge in [0.1, 0.15) is 11.8 Å². The molecule has 1 N–H and O–H groups in total. The Labute approximate surface area is 229 Å². The summed E-state index contributed by atoms with van der Waals surface area (Å²) in [5, 5.41) is 3.94. The summed E-state index contributed by atoms with van der Waals surface area (Å²) in [6.45, 7) is 6.57. The van der Waals surface area contributed by atoms with Crippen LogP contribution in [0.15, 0.2) is 72.8 Å². The zero-order chi connectivity index (χ0) is 26.8. The monoisotopic (exact) mass is 540 g/mol. The van der Waals surface area contributed by atoms with Crippen molar-refractivity contribution < 1.29 is 14.3 Å². The lowest BCUT2D eigenvalue weighted by molar-refractivity contribution is -0.142. The Hall–Kier alpha value is -3.02. The number of hydrogen-bond donors (Lipinski definition) is 1. The number of carbonyl (C=O) groups is 2. The molecule has 196 valence electrons. The smallest absolute Gasteiger partial charge is 0.261 e. The quantitative estimate of drug-likeness (QED) is 0.291. The average molecular weight is 542 g/mol. The van der Waals surface area contributed by atoms with E-state index in [0.29, 0.717) is 34.3 Å². The summed E-state index contributed by atoms with van der Waals surface area (Å²) in [7, 11) is 0. The van der Waals surface area contributed by atoms with Crippen molar-refractivity contribution in [3.05, 3.63) is 99.5 Å². The lowest BCUT2D eigenvalue weighted by Crippen LogP contribution is -2.52. The van der Waals surface area contributed by atoms with Crippen LogP contribution in [0.5, 0.6) is 5.75 Å². The molecule has 0 saturated carbocycles. The van der Waals surface area contributed by atoms with Crippen LogP contribution in [0.2, 0.25) is 10.0 Å². The van der Waals surface area contributed by atoms with Crippen molar-refractivity contribution in [1.82, 2.24) is 10.2 Å². The van der Waals surface area contributed by atoms with Gasteiger partial charge in [-0.15, -0.1) is 0 Å². The molecule has 1 unspecified atom stereocenters. The van der Waals surface area contributed by atoms with Crippen molar-refractivity contribution >= 4 is 35.0 Å². The van der Waals surface area contributed by atoms with Crippen LogP contribution in [-0.4, -0.2) is 35.9 Å². The molecule has 0 fully saturated rings. The van der Waals surface area contributed by atoms with E-state index in [1.807, 2.05) is 68.4 Å². The van der Waals surface area contributed by atoms with E-state index in [4.69, 9.17) is 27.9 Å². The first-order valence-electron chi connectivity index (χ1n) is 12.5. The second kappa shape index (κ2) is 14.1. The van der Waals surface area contributed by atoms with Crippen molar-refractivity contribution in [1.29, 1.82) is 0 Å². The number of nitrogens with one attached hydrogen (secondary N) is 1. The first kappa shape index (κ1) is 28.5. The summed E-state index contributed by atoms with van der Waals surface area (Å²) in [5.41, 5.74) is 2.83. The normalized spacial score (nSPS) is 11.7. The van der Waals surface area contributed by atoms with Gasteiger partial charge in [-0.25, -0.2) is 0 Å².